The maximum absolute atomic E-state index is 10.2. The van der Waals surface area contributed by atoms with E-state index in [1.807, 2.05) is 12.1 Å². The molecule has 2 fully saturated rings. The topological polar surface area (TPSA) is 58.3 Å². The zero-order chi connectivity index (χ0) is 14.0. The number of rotatable bonds is 2. The Kier molecular flexibility index (Phi) is 3.96. The second-order valence-electron chi connectivity index (χ2n) is 6.31. The summed E-state index contributed by atoms with van der Waals surface area (Å²) in [4.78, 5) is 0. The molecule has 1 aromatic carbocycles. The summed E-state index contributed by atoms with van der Waals surface area (Å²) in [5.74, 6) is 0. The lowest BCUT2D eigenvalue weighted by molar-refractivity contribution is 0.0418. The van der Waals surface area contributed by atoms with Gasteiger partial charge in [0.1, 0.15) is 18.3 Å². The Balaban J connectivity index is 1.95. The summed E-state index contributed by atoms with van der Waals surface area (Å²) in [6.07, 6.45) is 4.26. The monoisotopic (exact) mass is 276 g/mol. The molecule has 0 saturated carbocycles. The van der Waals surface area contributed by atoms with Gasteiger partial charge in [0.05, 0.1) is 12.6 Å². The SMILES string of the molecule is Nc1ccc([N+]2(C3CCNCC3)CCCC(O)C2)cc1. The van der Waals surface area contributed by atoms with Crippen LogP contribution < -0.4 is 15.5 Å². The van der Waals surface area contributed by atoms with Crippen LogP contribution in [0.3, 0.4) is 0 Å². The number of hydrogen-bond acceptors (Lipinski definition) is 3. The Labute approximate surface area is 121 Å². The van der Waals surface area contributed by atoms with Crippen molar-refractivity contribution in [3.05, 3.63) is 24.3 Å². The van der Waals surface area contributed by atoms with Gasteiger partial charge < -0.3 is 16.2 Å². The van der Waals surface area contributed by atoms with Crippen LogP contribution in [0.4, 0.5) is 11.4 Å². The van der Waals surface area contributed by atoms with Crippen LogP contribution in [0.2, 0.25) is 0 Å². The third-order valence-electron chi connectivity index (χ3n) is 5.05. The first-order valence-electron chi connectivity index (χ1n) is 7.82. The number of nitrogens with two attached hydrogens (primary N) is 1. The van der Waals surface area contributed by atoms with E-state index in [2.05, 4.69) is 17.4 Å². The summed E-state index contributed by atoms with van der Waals surface area (Å²) < 4.78 is 0.948. The Morgan fingerprint density at radius 3 is 2.45 bits per heavy atom. The van der Waals surface area contributed by atoms with Gasteiger partial charge in [0, 0.05) is 43.8 Å². The van der Waals surface area contributed by atoms with Crippen LogP contribution in [-0.4, -0.2) is 43.4 Å². The van der Waals surface area contributed by atoms with Gasteiger partial charge in [-0.15, -0.1) is 0 Å². The molecule has 3 rings (SSSR count). The molecule has 2 aliphatic heterocycles. The summed E-state index contributed by atoms with van der Waals surface area (Å²) in [5, 5.41) is 13.7. The van der Waals surface area contributed by atoms with Gasteiger partial charge in [0.25, 0.3) is 0 Å². The molecule has 20 heavy (non-hydrogen) atoms. The molecule has 2 atom stereocenters. The van der Waals surface area contributed by atoms with Crippen LogP contribution in [0.1, 0.15) is 25.7 Å². The van der Waals surface area contributed by atoms with Crippen molar-refractivity contribution < 1.29 is 5.11 Å². The second kappa shape index (κ2) is 5.72. The number of nitrogen functional groups attached to an aromatic ring is 1. The molecule has 2 heterocycles. The summed E-state index contributed by atoms with van der Waals surface area (Å²) in [5.41, 5.74) is 7.98. The van der Waals surface area contributed by atoms with Crippen molar-refractivity contribution in [2.24, 2.45) is 0 Å². The van der Waals surface area contributed by atoms with Crippen LogP contribution in [0.5, 0.6) is 0 Å². The molecule has 0 aliphatic carbocycles. The Morgan fingerprint density at radius 1 is 1.10 bits per heavy atom. The number of benzene rings is 1. The number of piperidine rings is 2. The average Bonchev–Trinajstić information content (AvgIpc) is 2.49. The van der Waals surface area contributed by atoms with Gasteiger partial charge in [0.2, 0.25) is 0 Å². The molecule has 0 bridgehead atoms. The average molecular weight is 276 g/mol. The first-order chi connectivity index (χ1) is 9.71. The lowest BCUT2D eigenvalue weighted by Crippen LogP contribution is -2.64. The third kappa shape index (κ3) is 2.55. The lowest BCUT2D eigenvalue weighted by Gasteiger charge is -2.49. The van der Waals surface area contributed by atoms with E-state index in [4.69, 9.17) is 5.73 Å². The standard InChI is InChI=1S/C16H26N3O/c17-13-3-5-14(6-4-13)19(11-1-2-16(20)12-19)15-7-9-18-10-8-15/h3-6,15-16,18,20H,1-2,7-12,17H2/q+1. The van der Waals surface area contributed by atoms with E-state index < -0.39 is 0 Å². The van der Waals surface area contributed by atoms with Gasteiger partial charge in [-0.2, -0.15) is 0 Å². The largest absolute Gasteiger partial charge is 0.399 e. The quantitative estimate of drug-likeness (QED) is 0.566. The number of nitrogens with zero attached hydrogens (tertiary/aromatic N) is 1. The second-order valence-corrected chi connectivity index (χ2v) is 6.31. The lowest BCUT2D eigenvalue weighted by atomic mass is 9.94. The van der Waals surface area contributed by atoms with Crippen LogP contribution in [-0.2, 0) is 0 Å². The van der Waals surface area contributed by atoms with Crippen LogP contribution >= 0.6 is 0 Å². The molecule has 4 heteroatoms. The van der Waals surface area contributed by atoms with E-state index >= 15 is 0 Å². The highest BCUT2D eigenvalue weighted by atomic mass is 16.3. The van der Waals surface area contributed by atoms with E-state index in [0.717, 1.165) is 49.2 Å². The third-order valence-corrected chi connectivity index (χ3v) is 5.05. The molecule has 0 amide bonds. The number of nitrogens with one attached hydrogen (secondary N) is 1. The maximum atomic E-state index is 10.2. The molecule has 2 aliphatic rings. The summed E-state index contributed by atoms with van der Waals surface area (Å²) >= 11 is 0. The molecule has 0 spiro atoms. The first-order valence-corrected chi connectivity index (χ1v) is 7.82. The highest BCUT2D eigenvalue weighted by Gasteiger charge is 2.43. The minimum Gasteiger partial charge on any atom is -0.399 e. The smallest absolute Gasteiger partial charge is 0.133 e. The van der Waals surface area contributed by atoms with Gasteiger partial charge >= 0.3 is 0 Å². The number of likely N-dealkylation sites (tertiary alicyclic amines) is 1. The van der Waals surface area contributed by atoms with Crippen molar-refractivity contribution in [1.29, 1.82) is 0 Å². The molecule has 110 valence electrons. The van der Waals surface area contributed by atoms with E-state index in [1.54, 1.807) is 0 Å². The zero-order valence-corrected chi connectivity index (χ0v) is 12.1. The minimum atomic E-state index is -0.170. The van der Waals surface area contributed by atoms with Gasteiger partial charge in [0.15, 0.2) is 0 Å². The predicted molar refractivity (Wildman–Crippen MR) is 83.5 cm³/mol. The maximum Gasteiger partial charge on any atom is 0.133 e. The minimum absolute atomic E-state index is 0.170. The number of quaternary nitrogens is 1. The van der Waals surface area contributed by atoms with E-state index in [-0.39, 0.29) is 6.10 Å². The molecule has 2 saturated heterocycles. The molecular weight excluding hydrogens is 250 g/mol. The number of aliphatic hydroxyl groups excluding tert-OH is 1. The van der Waals surface area contributed by atoms with Gasteiger partial charge in [-0.3, -0.25) is 4.48 Å². The predicted octanol–water partition coefficient (Wildman–Crippen LogP) is 1.48. The first kappa shape index (κ1) is 13.9. The fourth-order valence-corrected chi connectivity index (χ4v) is 4.02. The van der Waals surface area contributed by atoms with E-state index in [0.29, 0.717) is 6.04 Å². The fourth-order valence-electron chi connectivity index (χ4n) is 4.02. The number of aliphatic hydroxyl groups is 1. The van der Waals surface area contributed by atoms with Crippen molar-refractivity contribution >= 4 is 11.4 Å². The summed E-state index contributed by atoms with van der Waals surface area (Å²) in [7, 11) is 0. The molecule has 2 unspecified atom stereocenters. The van der Waals surface area contributed by atoms with Crippen molar-refractivity contribution in [2.45, 2.75) is 37.8 Å². The summed E-state index contributed by atoms with van der Waals surface area (Å²) in [6.45, 7) is 4.19. The van der Waals surface area contributed by atoms with Gasteiger partial charge in [-0.25, -0.2) is 0 Å². The Morgan fingerprint density at radius 2 is 1.80 bits per heavy atom. The van der Waals surface area contributed by atoms with Crippen LogP contribution in [0.25, 0.3) is 0 Å². The van der Waals surface area contributed by atoms with Crippen molar-refractivity contribution in [2.75, 3.05) is 31.9 Å². The zero-order valence-electron chi connectivity index (χ0n) is 12.1. The van der Waals surface area contributed by atoms with Crippen molar-refractivity contribution in [3.8, 4) is 0 Å². The van der Waals surface area contributed by atoms with Crippen LogP contribution in [0.15, 0.2) is 24.3 Å². The van der Waals surface area contributed by atoms with Crippen LogP contribution in [0, 0.1) is 0 Å². The number of hydrogen-bond donors (Lipinski definition) is 3. The Bertz CT molecular complexity index is 442. The molecule has 4 nitrogen and oxygen atoms in total. The van der Waals surface area contributed by atoms with E-state index in [9.17, 15) is 5.11 Å². The van der Waals surface area contributed by atoms with Gasteiger partial charge in [-0.05, 0) is 25.0 Å². The van der Waals surface area contributed by atoms with Gasteiger partial charge in [-0.1, -0.05) is 0 Å². The fraction of sp³-hybridized carbons (Fsp3) is 0.625. The van der Waals surface area contributed by atoms with Crippen molar-refractivity contribution in [3.63, 3.8) is 0 Å². The Hall–Kier alpha value is -1.10. The normalized spacial score (nSPS) is 32.1. The molecule has 4 N–H and O–H groups in total. The van der Waals surface area contributed by atoms with E-state index in [1.165, 1.54) is 18.5 Å². The highest BCUT2D eigenvalue weighted by molar-refractivity contribution is 5.51. The molecule has 0 radical (unpaired) electrons. The van der Waals surface area contributed by atoms with Crippen molar-refractivity contribution in [1.82, 2.24) is 9.80 Å². The number of anilines is 1. The summed E-state index contributed by atoms with van der Waals surface area (Å²) in [6, 6.07) is 8.94. The molecular formula is C16H26N3O+. The molecule has 1 aromatic rings. The molecule has 0 aromatic heterocycles. The highest BCUT2D eigenvalue weighted by Crippen LogP contribution is 2.35.